The Hall–Kier alpha value is -1.90. The number of nitrogens with two attached hydrogens (primary N) is 1. The Morgan fingerprint density at radius 2 is 2.29 bits per heavy atom. The van der Waals surface area contributed by atoms with Crippen LogP contribution in [0.3, 0.4) is 0 Å². The van der Waals surface area contributed by atoms with E-state index < -0.39 is 17.5 Å². The highest BCUT2D eigenvalue weighted by Gasteiger charge is 2.17. The predicted molar refractivity (Wildman–Crippen MR) is 45.7 cm³/mol. The smallest absolute Gasteiger partial charge is 0.267 e. The highest BCUT2D eigenvalue weighted by Crippen LogP contribution is 2.26. The van der Waals surface area contributed by atoms with Crippen LogP contribution in [0.1, 0.15) is 17.6 Å². The van der Waals surface area contributed by atoms with Crippen molar-refractivity contribution in [2.75, 3.05) is 5.73 Å². The number of nitrogens with one attached hydrogen (secondary N) is 1. The molecule has 1 aromatic rings. The SMILES string of the molecule is N#CCc1cc(=O)[nH]c(N)c1C(F)F. The van der Waals surface area contributed by atoms with Crippen molar-refractivity contribution >= 4 is 5.82 Å². The number of hydrogen-bond donors (Lipinski definition) is 2. The summed E-state index contributed by atoms with van der Waals surface area (Å²) in [5.74, 6) is -0.377. The van der Waals surface area contributed by atoms with Crippen LogP contribution in [0.5, 0.6) is 0 Å². The number of aromatic amines is 1. The number of nitrogens with zero attached hydrogens (tertiary/aromatic N) is 1. The van der Waals surface area contributed by atoms with E-state index in [-0.39, 0.29) is 17.8 Å². The molecule has 0 radical (unpaired) electrons. The number of hydrogen-bond acceptors (Lipinski definition) is 3. The Labute approximate surface area is 78.0 Å². The number of pyridine rings is 1. The standard InChI is InChI=1S/C8H7F2N3O/c9-7(10)6-4(1-2-11)3-5(14)13-8(6)12/h3,7H,1H2,(H3,12,13,14). The Morgan fingerprint density at radius 1 is 1.64 bits per heavy atom. The van der Waals surface area contributed by atoms with E-state index in [0.29, 0.717) is 0 Å². The molecule has 14 heavy (non-hydrogen) atoms. The Balaban J connectivity index is 3.38. The molecule has 0 atom stereocenters. The molecule has 1 heterocycles. The molecular weight excluding hydrogens is 192 g/mol. The van der Waals surface area contributed by atoms with Crippen LogP contribution in [0.15, 0.2) is 10.9 Å². The van der Waals surface area contributed by atoms with Gasteiger partial charge in [-0.25, -0.2) is 8.78 Å². The van der Waals surface area contributed by atoms with Crippen molar-refractivity contribution in [3.05, 3.63) is 27.5 Å². The molecule has 0 aromatic carbocycles. The van der Waals surface area contributed by atoms with Crippen LogP contribution in [0.25, 0.3) is 0 Å². The monoisotopic (exact) mass is 199 g/mol. The number of rotatable bonds is 2. The van der Waals surface area contributed by atoms with Crippen LogP contribution in [-0.4, -0.2) is 4.98 Å². The Kier molecular flexibility index (Phi) is 2.82. The van der Waals surface area contributed by atoms with Crippen LogP contribution in [-0.2, 0) is 6.42 Å². The second-order valence-corrected chi connectivity index (χ2v) is 2.62. The van der Waals surface area contributed by atoms with E-state index in [1.165, 1.54) is 0 Å². The zero-order chi connectivity index (χ0) is 10.7. The van der Waals surface area contributed by atoms with Gasteiger partial charge < -0.3 is 10.7 Å². The highest BCUT2D eigenvalue weighted by molar-refractivity contribution is 5.46. The van der Waals surface area contributed by atoms with Gasteiger partial charge in [0, 0.05) is 6.07 Å². The minimum Gasteiger partial charge on any atom is -0.385 e. The second kappa shape index (κ2) is 3.87. The summed E-state index contributed by atoms with van der Waals surface area (Å²) in [5.41, 5.74) is 4.13. The second-order valence-electron chi connectivity index (χ2n) is 2.62. The van der Waals surface area contributed by atoms with Crippen LogP contribution < -0.4 is 11.3 Å². The number of halogens is 2. The molecule has 0 unspecified atom stereocenters. The number of H-pyrrole nitrogens is 1. The van der Waals surface area contributed by atoms with Crippen molar-refractivity contribution in [2.45, 2.75) is 12.8 Å². The molecule has 0 amide bonds. The lowest BCUT2D eigenvalue weighted by Gasteiger charge is -2.07. The first-order valence-corrected chi connectivity index (χ1v) is 3.73. The van der Waals surface area contributed by atoms with Gasteiger partial charge in [0.2, 0.25) is 5.56 Å². The van der Waals surface area contributed by atoms with Crippen LogP contribution >= 0.6 is 0 Å². The Bertz CT molecular complexity index is 433. The van der Waals surface area contributed by atoms with Crippen molar-refractivity contribution in [3.8, 4) is 6.07 Å². The number of nitrogen functional groups attached to an aromatic ring is 1. The average Bonchev–Trinajstić information content (AvgIpc) is 2.01. The molecule has 0 saturated carbocycles. The van der Waals surface area contributed by atoms with Crippen molar-refractivity contribution in [2.24, 2.45) is 0 Å². The van der Waals surface area contributed by atoms with Crippen LogP contribution in [0.4, 0.5) is 14.6 Å². The van der Waals surface area contributed by atoms with E-state index in [9.17, 15) is 13.6 Å². The average molecular weight is 199 g/mol. The molecule has 74 valence electrons. The van der Waals surface area contributed by atoms with Gasteiger partial charge in [-0.2, -0.15) is 5.26 Å². The molecule has 0 aliphatic heterocycles. The fourth-order valence-corrected chi connectivity index (χ4v) is 1.13. The third-order valence-electron chi connectivity index (χ3n) is 1.69. The van der Waals surface area contributed by atoms with Crippen molar-refractivity contribution in [1.82, 2.24) is 4.98 Å². The Morgan fingerprint density at radius 3 is 2.79 bits per heavy atom. The first kappa shape index (κ1) is 10.2. The molecule has 1 aromatic heterocycles. The summed E-state index contributed by atoms with van der Waals surface area (Å²) in [7, 11) is 0. The minimum atomic E-state index is -2.80. The molecule has 6 heteroatoms. The largest absolute Gasteiger partial charge is 0.385 e. The van der Waals surface area contributed by atoms with E-state index in [0.717, 1.165) is 6.07 Å². The normalized spacial score (nSPS) is 10.1. The molecule has 0 spiro atoms. The lowest BCUT2D eigenvalue weighted by molar-refractivity contribution is 0.151. The molecule has 0 fully saturated rings. The topological polar surface area (TPSA) is 82.7 Å². The van der Waals surface area contributed by atoms with Crippen LogP contribution in [0, 0.1) is 11.3 Å². The van der Waals surface area contributed by atoms with Gasteiger partial charge in [0.15, 0.2) is 0 Å². The van der Waals surface area contributed by atoms with Gasteiger partial charge in [-0.1, -0.05) is 0 Å². The van der Waals surface area contributed by atoms with Crippen molar-refractivity contribution < 1.29 is 8.78 Å². The summed E-state index contributed by atoms with van der Waals surface area (Å²) >= 11 is 0. The molecule has 0 bridgehead atoms. The van der Waals surface area contributed by atoms with Gasteiger partial charge in [0.05, 0.1) is 18.1 Å². The number of aromatic nitrogens is 1. The highest BCUT2D eigenvalue weighted by atomic mass is 19.3. The summed E-state index contributed by atoms with van der Waals surface area (Å²) in [5, 5.41) is 8.36. The molecular formula is C8H7F2N3O. The summed E-state index contributed by atoms with van der Waals surface area (Å²) in [6.45, 7) is 0. The third kappa shape index (κ3) is 1.88. The molecule has 4 nitrogen and oxygen atoms in total. The van der Waals surface area contributed by atoms with Crippen molar-refractivity contribution in [3.63, 3.8) is 0 Å². The van der Waals surface area contributed by atoms with Crippen LogP contribution in [0.2, 0.25) is 0 Å². The third-order valence-corrected chi connectivity index (χ3v) is 1.69. The predicted octanol–water partition coefficient (Wildman–Crippen LogP) is 0.961. The molecule has 3 N–H and O–H groups in total. The van der Waals surface area contributed by atoms with Gasteiger partial charge in [-0.15, -0.1) is 0 Å². The lowest BCUT2D eigenvalue weighted by atomic mass is 10.1. The number of nitriles is 1. The van der Waals surface area contributed by atoms with Gasteiger partial charge in [-0.05, 0) is 5.56 Å². The summed E-state index contributed by atoms with van der Waals surface area (Å²) in [6.07, 6.45) is -3.05. The zero-order valence-electron chi connectivity index (χ0n) is 7.05. The van der Waals surface area contributed by atoms with E-state index in [1.807, 2.05) is 0 Å². The number of anilines is 1. The fourth-order valence-electron chi connectivity index (χ4n) is 1.13. The molecule has 0 aliphatic rings. The van der Waals surface area contributed by atoms with E-state index >= 15 is 0 Å². The summed E-state index contributed by atoms with van der Waals surface area (Å²) < 4.78 is 24.9. The quantitative estimate of drug-likeness (QED) is 0.744. The number of alkyl halides is 2. The van der Waals surface area contributed by atoms with Gasteiger partial charge in [0.1, 0.15) is 5.82 Å². The van der Waals surface area contributed by atoms with E-state index in [4.69, 9.17) is 11.0 Å². The summed E-state index contributed by atoms with van der Waals surface area (Å²) in [4.78, 5) is 12.9. The first-order valence-electron chi connectivity index (χ1n) is 3.73. The first-order chi connectivity index (χ1) is 6.56. The van der Waals surface area contributed by atoms with Gasteiger partial charge >= 0.3 is 0 Å². The van der Waals surface area contributed by atoms with Gasteiger partial charge in [-0.3, -0.25) is 4.79 Å². The van der Waals surface area contributed by atoms with Crippen molar-refractivity contribution in [1.29, 1.82) is 5.26 Å². The minimum absolute atomic E-state index is 0.0243. The summed E-state index contributed by atoms with van der Waals surface area (Å²) in [6, 6.07) is 2.65. The maximum absolute atomic E-state index is 12.4. The maximum atomic E-state index is 12.4. The van der Waals surface area contributed by atoms with E-state index in [1.54, 1.807) is 6.07 Å². The molecule has 0 aliphatic carbocycles. The molecule has 0 saturated heterocycles. The maximum Gasteiger partial charge on any atom is 0.267 e. The van der Waals surface area contributed by atoms with E-state index in [2.05, 4.69) is 4.98 Å². The fraction of sp³-hybridized carbons (Fsp3) is 0.250. The lowest BCUT2D eigenvalue weighted by Crippen LogP contribution is -2.13. The van der Waals surface area contributed by atoms with Gasteiger partial charge in [0.25, 0.3) is 6.43 Å². The molecule has 1 rings (SSSR count). The zero-order valence-corrected chi connectivity index (χ0v) is 7.05.